The van der Waals surface area contributed by atoms with Gasteiger partial charge >= 0.3 is 0 Å². The molecule has 0 spiro atoms. The van der Waals surface area contributed by atoms with Gasteiger partial charge in [0.25, 0.3) is 5.91 Å². The number of rotatable bonds is 5. The first kappa shape index (κ1) is 17.7. The first-order valence-electron chi connectivity index (χ1n) is 8.28. The van der Waals surface area contributed by atoms with E-state index < -0.39 is 5.60 Å². The molecule has 7 heteroatoms. The molecule has 1 amide bonds. The highest BCUT2D eigenvalue weighted by Crippen LogP contribution is 2.29. The molecule has 25 heavy (non-hydrogen) atoms. The van der Waals surface area contributed by atoms with Crippen LogP contribution in [0.2, 0.25) is 0 Å². The molecule has 2 heterocycles. The lowest BCUT2D eigenvalue weighted by Crippen LogP contribution is -2.48. The summed E-state index contributed by atoms with van der Waals surface area (Å²) in [7, 11) is 1.63. The van der Waals surface area contributed by atoms with Crippen molar-refractivity contribution < 1.29 is 14.6 Å². The van der Waals surface area contributed by atoms with Gasteiger partial charge in [0.15, 0.2) is 5.13 Å². The quantitative estimate of drug-likeness (QED) is 0.855. The fourth-order valence-corrected chi connectivity index (χ4v) is 3.82. The average Bonchev–Trinajstić information content (AvgIpc) is 3.24. The second-order valence-electron chi connectivity index (χ2n) is 6.70. The van der Waals surface area contributed by atoms with E-state index in [1.54, 1.807) is 31.2 Å². The van der Waals surface area contributed by atoms with Crippen molar-refractivity contribution in [1.29, 1.82) is 0 Å². The molecule has 1 aromatic heterocycles. The lowest BCUT2D eigenvalue weighted by molar-refractivity contribution is 0.000156. The number of hydrogen-bond donors (Lipinski definition) is 2. The number of aromatic nitrogens is 1. The minimum atomic E-state index is -0.910. The van der Waals surface area contributed by atoms with Gasteiger partial charge < -0.3 is 20.1 Å². The number of aliphatic hydroxyl groups is 1. The Morgan fingerprint density at radius 3 is 2.76 bits per heavy atom. The normalized spacial score (nSPS) is 17.6. The van der Waals surface area contributed by atoms with E-state index in [4.69, 9.17) is 4.74 Å². The molecular weight excluding hydrogens is 338 g/mol. The van der Waals surface area contributed by atoms with E-state index in [-0.39, 0.29) is 11.9 Å². The first-order chi connectivity index (χ1) is 11.9. The summed E-state index contributed by atoms with van der Waals surface area (Å²) in [5.74, 6) is 0.663. The Labute approximate surface area is 151 Å². The molecule has 1 unspecified atom stereocenters. The molecule has 0 radical (unpaired) electrons. The summed E-state index contributed by atoms with van der Waals surface area (Å²) in [5, 5.41) is 15.9. The van der Waals surface area contributed by atoms with Crippen LogP contribution in [0.5, 0.6) is 5.75 Å². The number of benzene rings is 1. The second-order valence-corrected chi connectivity index (χ2v) is 7.56. The molecule has 2 aromatic rings. The average molecular weight is 361 g/mol. The number of ether oxygens (including phenoxy) is 1. The van der Waals surface area contributed by atoms with Crippen molar-refractivity contribution in [2.45, 2.75) is 38.3 Å². The number of anilines is 2. The summed E-state index contributed by atoms with van der Waals surface area (Å²) >= 11 is 1.39. The summed E-state index contributed by atoms with van der Waals surface area (Å²) in [6.07, 6.45) is 1.72. The van der Waals surface area contributed by atoms with Gasteiger partial charge in [-0.2, -0.15) is 0 Å². The van der Waals surface area contributed by atoms with Crippen LogP contribution in [-0.2, 0) is 0 Å². The van der Waals surface area contributed by atoms with Gasteiger partial charge in [-0.05, 0) is 51.0 Å². The monoisotopic (exact) mass is 361 g/mol. The van der Waals surface area contributed by atoms with Crippen molar-refractivity contribution in [3.05, 3.63) is 35.3 Å². The van der Waals surface area contributed by atoms with Crippen molar-refractivity contribution in [2.75, 3.05) is 19.0 Å². The zero-order valence-corrected chi connectivity index (χ0v) is 15.5. The van der Waals surface area contributed by atoms with Gasteiger partial charge in [0.05, 0.1) is 18.8 Å². The Morgan fingerprint density at radius 2 is 2.12 bits per heavy atom. The minimum Gasteiger partial charge on any atom is -0.497 e. The van der Waals surface area contributed by atoms with Gasteiger partial charge in [-0.25, -0.2) is 4.98 Å². The van der Waals surface area contributed by atoms with Crippen molar-refractivity contribution in [1.82, 2.24) is 9.88 Å². The van der Waals surface area contributed by atoms with Crippen LogP contribution in [0.25, 0.3) is 0 Å². The van der Waals surface area contributed by atoms with Crippen molar-refractivity contribution in [2.24, 2.45) is 0 Å². The molecule has 1 aliphatic heterocycles. The van der Waals surface area contributed by atoms with Crippen LogP contribution in [0, 0.1) is 0 Å². The predicted molar refractivity (Wildman–Crippen MR) is 98.7 cm³/mol. The smallest absolute Gasteiger partial charge is 0.273 e. The van der Waals surface area contributed by atoms with Crippen LogP contribution < -0.4 is 10.1 Å². The van der Waals surface area contributed by atoms with E-state index in [0.29, 0.717) is 17.4 Å². The molecule has 134 valence electrons. The highest BCUT2D eigenvalue weighted by molar-refractivity contribution is 7.14. The van der Waals surface area contributed by atoms with Crippen LogP contribution in [0.1, 0.15) is 37.2 Å². The Kier molecular flexibility index (Phi) is 4.96. The molecule has 2 N–H and O–H groups in total. The van der Waals surface area contributed by atoms with Crippen LogP contribution in [0.3, 0.4) is 0 Å². The van der Waals surface area contributed by atoms with E-state index in [2.05, 4.69) is 10.3 Å². The molecule has 0 saturated carbocycles. The number of nitrogens with one attached hydrogen (secondary N) is 1. The number of likely N-dealkylation sites (tertiary alicyclic amines) is 1. The molecule has 0 bridgehead atoms. The molecular formula is C18H23N3O3S. The maximum atomic E-state index is 12.8. The van der Waals surface area contributed by atoms with E-state index >= 15 is 0 Å². The summed E-state index contributed by atoms with van der Waals surface area (Å²) in [6, 6.07) is 7.35. The second kappa shape index (κ2) is 7.01. The van der Waals surface area contributed by atoms with E-state index in [9.17, 15) is 9.90 Å². The van der Waals surface area contributed by atoms with Gasteiger partial charge in [-0.3, -0.25) is 4.79 Å². The van der Waals surface area contributed by atoms with Crippen molar-refractivity contribution >= 4 is 28.1 Å². The predicted octanol–water partition coefficient (Wildman–Crippen LogP) is 3.27. The maximum absolute atomic E-state index is 12.8. The lowest BCUT2D eigenvalue weighted by atomic mass is 9.96. The van der Waals surface area contributed by atoms with Gasteiger partial charge in [0, 0.05) is 17.6 Å². The number of methoxy groups -OCH3 is 1. The van der Waals surface area contributed by atoms with E-state index in [1.807, 2.05) is 24.3 Å². The minimum absolute atomic E-state index is 0.122. The highest BCUT2D eigenvalue weighted by atomic mass is 32.1. The lowest BCUT2D eigenvalue weighted by Gasteiger charge is -2.33. The maximum Gasteiger partial charge on any atom is 0.273 e. The van der Waals surface area contributed by atoms with Crippen LogP contribution in [-0.4, -0.2) is 46.2 Å². The van der Waals surface area contributed by atoms with Crippen molar-refractivity contribution in [3.8, 4) is 5.75 Å². The molecule has 1 fully saturated rings. The van der Waals surface area contributed by atoms with E-state index in [1.165, 1.54) is 11.3 Å². The number of amides is 1. The van der Waals surface area contributed by atoms with Crippen LogP contribution >= 0.6 is 11.3 Å². The Balaban J connectivity index is 1.71. The summed E-state index contributed by atoms with van der Waals surface area (Å²) in [6.45, 7) is 4.16. The summed E-state index contributed by atoms with van der Waals surface area (Å²) in [5.41, 5.74) is 0.383. The third-order valence-corrected chi connectivity index (χ3v) is 5.15. The topological polar surface area (TPSA) is 74.7 Å². The summed E-state index contributed by atoms with van der Waals surface area (Å²) in [4.78, 5) is 18.9. The Morgan fingerprint density at radius 1 is 1.40 bits per heavy atom. The third kappa shape index (κ3) is 3.93. The largest absolute Gasteiger partial charge is 0.497 e. The molecule has 1 aliphatic rings. The number of thiazole rings is 1. The summed E-state index contributed by atoms with van der Waals surface area (Å²) < 4.78 is 5.14. The molecule has 1 atom stereocenters. The first-order valence-corrected chi connectivity index (χ1v) is 9.16. The zero-order valence-electron chi connectivity index (χ0n) is 14.7. The standard InChI is InChI=1S/C18H23N3O3S/c1-18(2,23)15-5-4-10-21(15)16(22)14-11-25-17(20-14)19-12-6-8-13(24-3)9-7-12/h6-9,11,15,23H,4-5,10H2,1-3H3,(H,19,20). The zero-order chi connectivity index (χ0) is 18.0. The number of carbonyl (C=O) groups excluding carboxylic acids is 1. The molecule has 1 aromatic carbocycles. The third-order valence-electron chi connectivity index (χ3n) is 4.39. The fraction of sp³-hybridized carbons (Fsp3) is 0.444. The Hall–Kier alpha value is -2.12. The van der Waals surface area contributed by atoms with Gasteiger partial charge in [-0.1, -0.05) is 0 Å². The van der Waals surface area contributed by atoms with E-state index in [0.717, 1.165) is 24.3 Å². The molecule has 1 saturated heterocycles. The highest BCUT2D eigenvalue weighted by Gasteiger charge is 2.39. The van der Waals surface area contributed by atoms with Crippen molar-refractivity contribution in [3.63, 3.8) is 0 Å². The molecule has 6 nitrogen and oxygen atoms in total. The van der Waals surface area contributed by atoms with Crippen LogP contribution in [0.15, 0.2) is 29.6 Å². The molecule has 3 rings (SSSR count). The fourth-order valence-electron chi connectivity index (χ4n) is 3.12. The SMILES string of the molecule is COc1ccc(Nc2nc(C(=O)N3CCCC3C(C)(C)O)cs2)cc1. The molecule has 0 aliphatic carbocycles. The van der Waals surface area contributed by atoms with Gasteiger partial charge in [0.2, 0.25) is 0 Å². The number of carbonyl (C=O) groups is 1. The van der Waals surface area contributed by atoms with Gasteiger partial charge in [-0.15, -0.1) is 11.3 Å². The number of nitrogens with zero attached hydrogens (tertiary/aromatic N) is 2. The van der Waals surface area contributed by atoms with Gasteiger partial charge in [0.1, 0.15) is 11.4 Å². The van der Waals surface area contributed by atoms with Crippen LogP contribution in [0.4, 0.5) is 10.8 Å². The number of hydrogen-bond acceptors (Lipinski definition) is 6. The Bertz CT molecular complexity index is 737.